The van der Waals surface area contributed by atoms with Crippen molar-refractivity contribution in [3.05, 3.63) is 243 Å². The summed E-state index contributed by atoms with van der Waals surface area (Å²) >= 11 is 0. The number of anilines is 3. The van der Waals surface area contributed by atoms with Crippen LogP contribution >= 0.6 is 0 Å². The molecule has 0 radical (unpaired) electrons. The van der Waals surface area contributed by atoms with Gasteiger partial charge in [0.15, 0.2) is 0 Å². The molecule has 0 saturated carbocycles. The van der Waals surface area contributed by atoms with Crippen molar-refractivity contribution < 1.29 is 0 Å². The summed E-state index contributed by atoms with van der Waals surface area (Å²) in [5.41, 5.74) is 14.2. The van der Waals surface area contributed by atoms with Crippen LogP contribution in [0.25, 0.3) is 93.2 Å². The second-order valence-corrected chi connectivity index (χ2v) is 16.0. The van der Waals surface area contributed by atoms with E-state index in [0.29, 0.717) is 0 Å². The number of hydrogen-bond acceptors (Lipinski definition) is 1. The average Bonchev–Trinajstić information content (AvgIpc) is 3.69. The highest BCUT2D eigenvalue weighted by Gasteiger charge is 2.22. The summed E-state index contributed by atoms with van der Waals surface area (Å²) in [7, 11) is 0. The highest BCUT2D eigenvalue weighted by molar-refractivity contribution is 6.22. The van der Waals surface area contributed by atoms with Crippen LogP contribution in [0.3, 0.4) is 0 Å². The van der Waals surface area contributed by atoms with E-state index in [1.54, 1.807) is 0 Å². The molecule has 0 bridgehead atoms. The average molecular weight is 789 g/mol. The number of benzene rings is 11. The van der Waals surface area contributed by atoms with Crippen LogP contribution in [0, 0.1) is 0 Å². The minimum atomic E-state index is 1.09. The van der Waals surface area contributed by atoms with Gasteiger partial charge in [0.05, 0.1) is 16.7 Å². The fourth-order valence-corrected chi connectivity index (χ4v) is 9.86. The Balaban J connectivity index is 1.09. The highest BCUT2D eigenvalue weighted by Crippen LogP contribution is 2.48. The quantitative estimate of drug-likeness (QED) is 0.146. The summed E-state index contributed by atoms with van der Waals surface area (Å²) in [5, 5.41) is 9.86. The molecule has 0 aliphatic rings. The molecule has 0 atom stereocenters. The van der Waals surface area contributed by atoms with Crippen LogP contribution in [-0.2, 0) is 0 Å². The van der Waals surface area contributed by atoms with Crippen molar-refractivity contribution in [3.63, 3.8) is 0 Å². The maximum atomic E-state index is 2.44. The second kappa shape index (κ2) is 14.8. The van der Waals surface area contributed by atoms with E-state index >= 15 is 0 Å². The molecule has 290 valence electrons. The maximum absolute atomic E-state index is 2.44. The molecule has 11 aromatic carbocycles. The predicted molar refractivity (Wildman–Crippen MR) is 264 cm³/mol. The predicted octanol–water partition coefficient (Wildman–Crippen LogP) is 16.7. The minimum Gasteiger partial charge on any atom is -0.310 e. The fraction of sp³-hybridized carbons (Fsp3) is 0. The molecule has 0 saturated heterocycles. The number of nitrogens with zero attached hydrogens (tertiary/aromatic N) is 2. The molecular weight excluding hydrogens is 749 g/mol. The van der Waals surface area contributed by atoms with Crippen molar-refractivity contribution in [1.82, 2.24) is 4.57 Å². The van der Waals surface area contributed by atoms with Gasteiger partial charge in [0.2, 0.25) is 0 Å². The fourth-order valence-electron chi connectivity index (χ4n) is 9.86. The Morgan fingerprint density at radius 2 is 0.839 bits per heavy atom. The second-order valence-electron chi connectivity index (χ2n) is 16.0. The zero-order valence-electron chi connectivity index (χ0n) is 34.0. The monoisotopic (exact) mass is 788 g/mol. The third kappa shape index (κ3) is 5.80. The Bertz CT molecular complexity index is 3600. The van der Waals surface area contributed by atoms with Gasteiger partial charge in [-0.25, -0.2) is 0 Å². The first kappa shape index (κ1) is 35.7. The van der Waals surface area contributed by atoms with E-state index in [9.17, 15) is 0 Å². The van der Waals surface area contributed by atoms with Crippen molar-refractivity contribution in [2.24, 2.45) is 0 Å². The van der Waals surface area contributed by atoms with Gasteiger partial charge in [-0.05, 0) is 115 Å². The first-order valence-electron chi connectivity index (χ1n) is 21.4. The van der Waals surface area contributed by atoms with Crippen molar-refractivity contribution in [2.45, 2.75) is 0 Å². The molecule has 2 nitrogen and oxygen atoms in total. The van der Waals surface area contributed by atoms with Crippen molar-refractivity contribution >= 4 is 71.2 Å². The number of aromatic nitrogens is 1. The van der Waals surface area contributed by atoms with Crippen LogP contribution in [0.4, 0.5) is 17.1 Å². The molecule has 0 aliphatic carbocycles. The molecule has 0 N–H and O–H groups in total. The lowest BCUT2D eigenvalue weighted by Crippen LogP contribution is -2.10. The largest absolute Gasteiger partial charge is 0.310 e. The Hall–Kier alpha value is -8.20. The van der Waals surface area contributed by atoms with Gasteiger partial charge < -0.3 is 9.47 Å². The molecule has 2 heteroatoms. The van der Waals surface area contributed by atoms with Gasteiger partial charge in [-0.15, -0.1) is 0 Å². The molecule has 0 unspecified atom stereocenters. The van der Waals surface area contributed by atoms with E-state index in [1.165, 1.54) is 87.5 Å². The zero-order chi connectivity index (χ0) is 41.0. The van der Waals surface area contributed by atoms with Gasteiger partial charge in [-0.2, -0.15) is 0 Å². The summed E-state index contributed by atoms with van der Waals surface area (Å²) in [4.78, 5) is 2.44. The van der Waals surface area contributed by atoms with Gasteiger partial charge >= 0.3 is 0 Å². The lowest BCUT2D eigenvalue weighted by Gasteiger charge is -2.28. The molecule has 0 fully saturated rings. The molecule has 0 aliphatic heterocycles. The van der Waals surface area contributed by atoms with Crippen LogP contribution < -0.4 is 4.90 Å². The topological polar surface area (TPSA) is 8.17 Å². The smallest absolute Gasteiger partial charge is 0.0547 e. The molecule has 62 heavy (non-hydrogen) atoms. The first-order valence-corrected chi connectivity index (χ1v) is 21.4. The summed E-state index contributed by atoms with van der Waals surface area (Å²) < 4.78 is 2.39. The standard InChI is InChI=1S/C60H40N2/c1-4-19-43(20-5-1)58-52-28-13-12-27-50(52)51-39-38-47(40-54(51)59(58)44-21-6-2-7-22-44)61(55-32-16-23-41-18-10-11-26-48(41)55)46-36-34-42(35-37-46)49-30-17-33-57-60(49)53-29-14-15-31-56(53)62(57)45-24-8-3-9-25-45/h1-40H. The molecular formula is C60H40N2. The normalized spacial score (nSPS) is 11.5. The van der Waals surface area contributed by atoms with Crippen LogP contribution in [0.5, 0.6) is 0 Å². The SMILES string of the molecule is c1ccc(-c2c(-c3ccccc3)c3cc(N(c4ccc(-c5cccc6c5c5ccccc5n6-c5ccccc5)cc4)c4cccc5ccccc45)ccc3c3ccccc23)cc1. The lowest BCUT2D eigenvalue weighted by atomic mass is 9.85. The number of hydrogen-bond donors (Lipinski definition) is 0. The van der Waals surface area contributed by atoms with E-state index in [1.807, 2.05) is 0 Å². The molecule has 0 spiro atoms. The van der Waals surface area contributed by atoms with Crippen LogP contribution in [-0.4, -0.2) is 4.57 Å². The van der Waals surface area contributed by atoms with E-state index in [2.05, 4.69) is 252 Å². The summed E-state index contributed by atoms with van der Waals surface area (Å²) in [6.45, 7) is 0. The van der Waals surface area contributed by atoms with Crippen LogP contribution in [0.2, 0.25) is 0 Å². The minimum absolute atomic E-state index is 1.09. The summed E-state index contributed by atoms with van der Waals surface area (Å²) in [5.74, 6) is 0. The van der Waals surface area contributed by atoms with Crippen LogP contribution in [0.1, 0.15) is 0 Å². The van der Waals surface area contributed by atoms with E-state index in [4.69, 9.17) is 0 Å². The van der Waals surface area contributed by atoms with Crippen LogP contribution in [0.15, 0.2) is 243 Å². The van der Waals surface area contributed by atoms with Gasteiger partial charge in [-0.3, -0.25) is 0 Å². The van der Waals surface area contributed by atoms with Crippen molar-refractivity contribution in [2.75, 3.05) is 4.90 Å². The van der Waals surface area contributed by atoms with E-state index in [0.717, 1.165) is 22.7 Å². The molecule has 12 aromatic rings. The van der Waals surface area contributed by atoms with Gasteiger partial charge in [0, 0.05) is 33.2 Å². The molecule has 1 aromatic heterocycles. The van der Waals surface area contributed by atoms with Crippen molar-refractivity contribution in [3.8, 4) is 39.1 Å². The first-order chi connectivity index (χ1) is 30.8. The Labute approximate surface area is 360 Å². The number of fused-ring (bicyclic) bond motifs is 7. The Morgan fingerprint density at radius 1 is 0.306 bits per heavy atom. The highest BCUT2D eigenvalue weighted by atomic mass is 15.1. The lowest BCUT2D eigenvalue weighted by molar-refractivity contribution is 1.18. The van der Waals surface area contributed by atoms with E-state index in [-0.39, 0.29) is 0 Å². The number of para-hydroxylation sites is 2. The summed E-state index contributed by atoms with van der Waals surface area (Å²) in [6, 6.07) is 88.5. The molecule has 12 rings (SSSR count). The summed E-state index contributed by atoms with van der Waals surface area (Å²) in [6.07, 6.45) is 0. The molecule has 0 amide bonds. The van der Waals surface area contributed by atoms with Crippen molar-refractivity contribution in [1.29, 1.82) is 0 Å². The van der Waals surface area contributed by atoms with Gasteiger partial charge in [0.25, 0.3) is 0 Å². The third-order valence-corrected chi connectivity index (χ3v) is 12.5. The third-order valence-electron chi connectivity index (χ3n) is 12.5. The molecule has 1 heterocycles. The van der Waals surface area contributed by atoms with Gasteiger partial charge in [-0.1, -0.05) is 188 Å². The Kier molecular flexibility index (Phi) is 8.53. The Morgan fingerprint density at radius 3 is 1.58 bits per heavy atom. The maximum Gasteiger partial charge on any atom is 0.0547 e. The zero-order valence-corrected chi connectivity index (χ0v) is 34.0. The van der Waals surface area contributed by atoms with Gasteiger partial charge in [0.1, 0.15) is 0 Å². The van der Waals surface area contributed by atoms with E-state index < -0.39 is 0 Å². The number of rotatable bonds is 7.